The molecule has 1 fully saturated rings. The van der Waals surface area contributed by atoms with Crippen molar-refractivity contribution < 1.29 is 4.79 Å². The quantitative estimate of drug-likeness (QED) is 0.881. The van der Waals surface area contributed by atoms with Crippen LogP contribution in [-0.2, 0) is 12.8 Å². The second kappa shape index (κ2) is 4.64. The number of hydrogen-bond acceptors (Lipinski definition) is 2. The van der Waals surface area contributed by atoms with Crippen LogP contribution in [-0.4, -0.2) is 30.4 Å². The third-order valence-corrected chi connectivity index (χ3v) is 4.71. The van der Waals surface area contributed by atoms with E-state index in [-0.39, 0.29) is 11.3 Å². The molecule has 1 aliphatic heterocycles. The predicted molar refractivity (Wildman–Crippen MR) is 76.1 cm³/mol. The largest absolute Gasteiger partial charge is 0.338 e. The van der Waals surface area contributed by atoms with Crippen LogP contribution in [0.5, 0.6) is 0 Å². The molecule has 1 atom stereocenters. The van der Waals surface area contributed by atoms with E-state index in [0.29, 0.717) is 6.54 Å². The molecule has 1 amide bonds. The lowest BCUT2D eigenvalue weighted by Crippen LogP contribution is -2.34. The Morgan fingerprint density at radius 3 is 3.00 bits per heavy atom. The maximum Gasteiger partial charge on any atom is 0.254 e. The molecular weight excluding hydrogens is 236 g/mol. The van der Waals surface area contributed by atoms with Crippen molar-refractivity contribution in [3.8, 4) is 0 Å². The predicted octanol–water partition coefficient (Wildman–Crippen LogP) is 1.99. The van der Waals surface area contributed by atoms with Gasteiger partial charge < -0.3 is 10.6 Å². The summed E-state index contributed by atoms with van der Waals surface area (Å²) in [6.45, 7) is 4.47. The van der Waals surface area contributed by atoms with Crippen LogP contribution >= 0.6 is 0 Å². The normalized spacial score (nSPS) is 25.7. The lowest BCUT2D eigenvalue weighted by Gasteiger charge is -2.23. The number of aryl methyl sites for hydroxylation is 1. The Hall–Kier alpha value is -1.35. The Morgan fingerprint density at radius 2 is 2.26 bits per heavy atom. The van der Waals surface area contributed by atoms with Crippen molar-refractivity contribution in [2.24, 2.45) is 11.1 Å². The number of likely N-dealkylation sites (tertiary alicyclic amines) is 1. The van der Waals surface area contributed by atoms with Gasteiger partial charge in [0, 0.05) is 18.7 Å². The van der Waals surface area contributed by atoms with E-state index in [0.717, 1.165) is 37.9 Å². The number of amides is 1. The van der Waals surface area contributed by atoms with Gasteiger partial charge in [0.2, 0.25) is 0 Å². The van der Waals surface area contributed by atoms with Crippen molar-refractivity contribution in [1.82, 2.24) is 4.90 Å². The van der Waals surface area contributed by atoms with Gasteiger partial charge in [-0.3, -0.25) is 4.79 Å². The molecule has 0 bridgehead atoms. The van der Waals surface area contributed by atoms with Gasteiger partial charge in [0.1, 0.15) is 0 Å². The minimum atomic E-state index is 0.105. The highest BCUT2D eigenvalue weighted by molar-refractivity contribution is 5.96. The smallest absolute Gasteiger partial charge is 0.254 e. The van der Waals surface area contributed by atoms with E-state index in [1.165, 1.54) is 17.5 Å². The lowest BCUT2D eigenvalue weighted by atomic mass is 9.90. The van der Waals surface area contributed by atoms with Gasteiger partial charge in [-0.1, -0.05) is 19.1 Å². The molecule has 3 rings (SSSR count). The van der Waals surface area contributed by atoms with Crippen molar-refractivity contribution in [3.63, 3.8) is 0 Å². The van der Waals surface area contributed by atoms with Gasteiger partial charge in [-0.2, -0.15) is 0 Å². The van der Waals surface area contributed by atoms with Crippen LogP contribution in [0.15, 0.2) is 18.2 Å². The van der Waals surface area contributed by atoms with E-state index < -0.39 is 0 Å². The van der Waals surface area contributed by atoms with Crippen molar-refractivity contribution >= 4 is 5.91 Å². The van der Waals surface area contributed by atoms with Crippen molar-refractivity contribution in [2.75, 3.05) is 19.6 Å². The van der Waals surface area contributed by atoms with E-state index >= 15 is 0 Å². The Balaban J connectivity index is 1.84. The molecule has 1 heterocycles. The zero-order valence-corrected chi connectivity index (χ0v) is 11.6. The molecular formula is C16H22N2O. The lowest BCUT2D eigenvalue weighted by molar-refractivity contribution is 0.0776. The van der Waals surface area contributed by atoms with E-state index in [4.69, 9.17) is 5.73 Å². The first-order valence-corrected chi connectivity index (χ1v) is 7.23. The minimum Gasteiger partial charge on any atom is -0.338 e. The summed E-state index contributed by atoms with van der Waals surface area (Å²) in [5.41, 5.74) is 9.51. The number of nitrogens with two attached hydrogens (primary N) is 1. The molecule has 1 aliphatic carbocycles. The molecule has 1 aromatic rings. The number of fused-ring (bicyclic) bond motifs is 1. The van der Waals surface area contributed by atoms with Gasteiger partial charge in [-0.25, -0.2) is 0 Å². The molecule has 0 radical (unpaired) electrons. The maximum atomic E-state index is 12.7. The van der Waals surface area contributed by atoms with Crippen molar-refractivity contribution in [1.29, 1.82) is 0 Å². The highest BCUT2D eigenvalue weighted by Gasteiger charge is 2.36. The van der Waals surface area contributed by atoms with E-state index in [1.807, 2.05) is 17.0 Å². The first kappa shape index (κ1) is 12.7. The standard InChI is InChI=1S/C16H22N2O/c1-16(10-17)8-9-18(11-16)15(19)14-7-3-5-12-4-2-6-13(12)14/h3,5,7H,2,4,6,8-11,17H2,1H3. The molecule has 2 aliphatic rings. The molecule has 1 aromatic carbocycles. The number of nitrogens with zero attached hydrogens (tertiary/aromatic N) is 1. The molecule has 2 N–H and O–H groups in total. The Morgan fingerprint density at radius 1 is 1.42 bits per heavy atom. The fourth-order valence-corrected chi connectivity index (χ4v) is 3.35. The van der Waals surface area contributed by atoms with Gasteiger partial charge >= 0.3 is 0 Å². The van der Waals surface area contributed by atoms with Crippen molar-refractivity contribution in [3.05, 3.63) is 34.9 Å². The van der Waals surface area contributed by atoms with Gasteiger partial charge in [-0.05, 0) is 54.8 Å². The highest BCUT2D eigenvalue weighted by Crippen LogP contribution is 2.31. The first-order valence-electron chi connectivity index (χ1n) is 7.23. The van der Waals surface area contributed by atoms with Crippen molar-refractivity contribution in [2.45, 2.75) is 32.6 Å². The van der Waals surface area contributed by atoms with Crippen LogP contribution in [0.3, 0.4) is 0 Å². The summed E-state index contributed by atoms with van der Waals surface area (Å²) < 4.78 is 0. The molecule has 102 valence electrons. The summed E-state index contributed by atoms with van der Waals surface area (Å²) in [5, 5.41) is 0. The van der Waals surface area contributed by atoms with E-state index in [9.17, 15) is 4.79 Å². The van der Waals surface area contributed by atoms with Crippen LogP contribution in [0, 0.1) is 5.41 Å². The number of carbonyl (C=O) groups excluding carboxylic acids is 1. The minimum absolute atomic E-state index is 0.105. The SMILES string of the molecule is CC1(CN)CCN(C(=O)c2cccc3c2CCC3)C1. The molecule has 19 heavy (non-hydrogen) atoms. The van der Waals surface area contributed by atoms with Crippen LogP contribution < -0.4 is 5.73 Å². The third kappa shape index (κ3) is 2.16. The van der Waals surface area contributed by atoms with Gasteiger partial charge in [-0.15, -0.1) is 0 Å². The molecule has 3 nitrogen and oxygen atoms in total. The fraction of sp³-hybridized carbons (Fsp3) is 0.562. The number of carbonyl (C=O) groups is 1. The number of benzene rings is 1. The number of rotatable bonds is 2. The third-order valence-electron chi connectivity index (χ3n) is 4.71. The second-order valence-corrected chi connectivity index (χ2v) is 6.29. The zero-order valence-electron chi connectivity index (χ0n) is 11.6. The summed E-state index contributed by atoms with van der Waals surface area (Å²) in [7, 11) is 0. The Labute approximate surface area is 114 Å². The van der Waals surface area contributed by atoms with Crippen LogP contribution in [0.4, 0.5) is 0 Å². The first-order chi connectivity index (χ1) is 9.13. The summed E-state index contributed by atoms with van der Waals surface area (Å²) in [4.78, 5) is 14.7. The van der Waals surface area contributed by atoms with Gasteiger partial charge in [0.25, 0.3) is 5.91 Å². The monoisotopic (exact) mass is 258 g/mol. The number of hydrogen-bond donors (Lipinski definition) is 1. The molecule has 0 saturated carbocycles. The van der Waals surface area contributed by atoms with Crippen LogP contribution in [0.1, 0.15) is 41.3 Å². The summed E-state index contributed by atoms with van der Waals surface area (Å²) in [5.74, 6) is 0.205. The van der Waals surface area contributed by atoms with E-state index in [2.05, 4.69) is 13.0 Å². The van der Waals surface area contributed by atoms with Gasteiger partial charge in [0.05, 0.1) is 0 Å². The molecule has 0 aromatic heterocycles. The topological polar surface area (TPSA) is 46.3 Å². The Kier molecular flexibility index (Phi) is 3.09. The average Bonchev–Trinajstić information content (AvgIpc) is 3.04. The highest BCUT2D eigenvalue weighted by atomic mass is 16.2. The second-order valence-electron chi connectivity index (χ2n) is 6.29. The average molecular weight is 258 g/mol. The summed E-state index contributed by atoms with van der Waals surface area (Å²) >= 11 is 0. The molecule has 0 spiro atoms. The Bertz CT molecular complexity index is 511. The van der Waals surface area contributed by atoms with Crippen LogP contribution in [0.2, 0.25) is 0 Å². The van der Waals surface area contributed by atoms with Crippen LogP contribution in [0.25, 0.3) is 0 Å². The molecule has 1 saturated heterocycles. The maximum absolute atomic E-state index is 12.7. The molecule has 3 heteroatoms. The van der Waals surface area contributed by atoms with Gasteiger partial charge in [0.15, 0.2) is 0 Å². The fourth-order valence-electron chi connectivity index (χ4n) is 3.35. The summed E-state index contributed by atoms with van der Waals surface area (Å²) in [6.07, 6.45) is 4.38. The summed E-state index contributed by atoms with van der Waals surface area (Å²) in [6, 6.07) is 6.17. The molecule has 1 unspecified atom stereocenters. The van der Waals surface area contributed by atoms with E-state index in [1.54, 1.807) is 0 Å². The zero-order chi connectivity index (χ0) is 13.5.